The summed E-state index contributed by atoms with van der Waals surface area (Å²) in [7, 11) is 3.03. The predicted molar refractivity (Wildman–Crippen MR) is 88.2 cm³/mol. The molecule has 124 valence electrons. The van der Waals surface area contributed by atoms with Gasteiger partial charge >= 0.3 is 0 Å². The number of pyridine rings is 1. The fourth-order valence-electron chi connectivity index (χ4n) is 2.57. The molecule has 0 atom stereocenters. The smallest absolute Gasteiger partial charge is 0.261 e. The lowest BCUT2D eigenvalue weighted by molar-refractivity contribution is -0.115. The summed E-state index contributed by atoms with van der Waals surface area (Å²) in [5.41, 5.74) is 3.33. The van der Waals surface area contributed by atoms with Crippen LogP contribution >= 0.6 is 0 Å². The van der Waals surface area contributed by atoms with Crippen molar-refractivity contribution in [2.24, 2.45) is 0 Å². The normalized spacial score (nSPS) is 12.5. The Morgan fingerprint density at radius 1 is 1.33 bits per heavy atom. The quantitative estimate of drug-likeness (QED) is 0.876. The molecule has 2 amide bonds. The monoisotopic (exact) mass is 327 g/mol. The molecule has 1 aromatic carbocycles. The van der Waals surface area contributed by atoms with E-state index in [0.717, 1.165) is 16.8 Å². The number of hydrogen-bond acceptors (Lipinski definition) is 5. The average Bonchev–Trinajstić information content (AvgIpc) is 2.94. The minimum atomic E-state index is -0.338. The van der Waals surface area contributed by atoms with Crippen LogP contribution in [-0.4, -0.2) is 31.0 Å². The van der Waals surface area contributed by atoms with Crippen LogP contribution in [0.15, 0.2) is 30.5 Å². The number of carbonyl (C=O) groups is 2. The Labute approximate surface area is 139 Å². The molecule has 0 aliphatic carbocycles. The highest BCUT2D eigenvalue weighted by molar-refractivity contribution is 6.06. The van der Waals surface area contributed by atoms with Gasteiger partial charge < -0.3 is 20.1 Å². The molecule has 0 bridgehead atoms. The van der Waals surface area contributed by atoms with Gasteiger partial charge in [-0.3, -0.25) is 9.59 Å². The van der Waals surface area contributed by atoms with E-state index in [4.69, 9.17) is 9.47 Å². The second kappa shape index (κ2) is 6.67. The van der Waals surface area contributed by atoms with E-state index in [0.29, 0.717) is 24.3 Å². The van der Waals surface area contributed by atoms with Crippen molar-refractivity contribution in [3.8, 4) is 5.88 Å². The second-order valence-electron chi connectivity index (χ2n) is 5.38. The molecule has 7 heteroatoms. The molecule has 2 N–H and O–H groups in total. The molecule has 0 fully saturated rings. The minimum absolute atomic E-state index is 0.0494. The van der Waals surface area contributed by atoms with Gasteiger partial charge in [0, 0.05) is 24.7 Å². The molecule has 3 rings (SSSR count). The van der Waals surface area contributed by atoms with Gasteiger partial charge in [0.15, 0.2) is 0 Å². The molecule has 2 aromatic rings. The molecular formula is C17H17N3O4. The summed E-state index contributed by atoms with van der Waals surface area (Å²) in [5, 5.41) is 5.56. The number of aromatic nitrogens is 1. The zero-order valence-corrected chi connectivity index (χ0v) is 13.4. The Balaban J connectivity index is 1.83. The van der Waals surface area contributed by atoms with Crippen molar-refractivity contribution in [3.05, 3.63) is 47.2 Å². The first-order chi connectivity index (χ1) is 11.6. The van der Waals surface area contributed by atoms with Crippen molar-refractivity contribution in [3.63, 3.8) is 0 Å². The Morgan fingerprint density at radius 2 is 2.17 bits per heavy atom. The molecule has 1 aliphatic rings. The summed E-state index contributed by atoms with van der Waals surface area (Å²) in [4.78, 5) is 28.1. The fourth-order valence-corrected chi connectivity index (χ4v) is 2.57. The molecule has 0 radical (unpaired) electrons. The summed E-state index contributed by atoms with van der Waals surface area (Å²) in [6.45, 7) is 0.351. The molecule has 0 spiro atoms. The number of benzene rings is 1. The maximum atomic E-state index is 12.6. The molecular weight excluding hydrogens is 310 g/mol. The van der Waals surface area contributed by atoms with Crippen LogP contribution in [0.1, 0.15) is 21.5 Å². The lowest BCUT2D eigenvalue weighted by atomic mass is 10.1. The number of hydrogen-bond donors (Lipinski definition) is 2. The summed E-state index contributed by atoms with van der Waals surface area (Å²) in [6, 6.07) is 6.97. The van der Waals surface area contributed by atoms with Gasteiger partial charge in [-0.1, -0.05) is 0 Å². The van der Waals surface area contributed by atoms with Gasteiger partial charge in [-0.15, -0.1) is 0 Å². The van der Waals surface area contributed by atoms with Gasteiger partial charge in [-0.25, -0.2) is 4.98 Å². The van der Waals surface area contributed by atoms with Crippen LogP contribution in [-0.2, 0) is 22.6 Å². The van der Waals surface area contributed by atoms with E-state index in [2.05, 4.69) is 15.6 Å². The van der Waals surface area contributed by atoms with E-state index < -0.39 is 0 Å². The molecule has 2 heterocycles. The van der Waals surface area contributed by atoms with Crippen molar-refractivity contribution < 1.29 is 19.1 Å². The number of nitrogens with zero attached hydrogens (tertiary/aromatic N) is 1. The zero-order valence-electron chi connectivity index (χ0n) is 13.4. The van der Waals surface area contributed by atoms with Crippen molar-refractivity contribution >= 4 is 23.2 Å². The van der Waals surface area contributed by atoms with Gasteiger partial charge in [0.05, 0.1) is 20.1 Å². The Morgan fingerprint density at radius 3 is 2.92 bits per heavy atom. The number of anilines is 2. The van der Waals surface area contributed by atoms with Crippen LogP contribution in [0, 0.1) is 0 Å². The highest BCUT2D eigenvalue weighted by Crippen LogP contribution is 2.27. The van der Waals surface area contributed by atoms with Gasteiger partial charge in [0.1, 0.15) is 5.56 Å². The summed E-state index contributed by atoms with van der Waals surface area (Å²) >= 11 is 0. The van der Waals surface area contributed by atoms with E-state index in [-0.39, 0.29) is 17.7 Å². The fraction of sp³-hybridized carbons (Fsp3) is 0.235. The maximum Gasteiger partial charge on any atom is 0.261 e. The number of amides is 2. The van der Waals surface area contributed by atoms with E-state index in [1.807, 2.05) is 0 Å². The van der Waals surface area contributed by atoms with Crippen molar-refractivity contribution in [2.45, 2.75) is 13.0 Å². The van der Waals surface area contributed by atoms with E-state index in [1.165, 1.54) is 7.11 Å². The lowest BCUT2D eigenvalue weighted by Crippen LogP contribution is -2.14. The first kappa shape index (κ1) is 15.9. The lowest BCUT2D eigenvalue weighted by Gasteiger charge is -2.11. The highest BCUT2D eigenvalue weighted by Gasteiger charge is 2.19. The summed E-state index contributed by atoms with van der Waals surface area (Å²) < 4.78 is 10.2. The highest BCUT2D eigenvalue weighted by atomic mass is 16.5. The van der Waals surface area contributed by atoms with E-state index in [1.54, 1.807) is 37.6 Å². The van der Waals surface area contributed by atoms with Crippen LogP contribution in [0.4, 0.5) is 11.4 Å². The van der Waals surface area contributed by atoms with Gasteiger partial charge in [-0.05, 0) is 35.4 Å². The van der Waals surface area contributed by atoms with Crippen molar-refractivity contribution in [1.29, 1.82) is 0 Å². The maximum absolute atomic E-state index is 12.6. The van der Waals surface area contributed by atoms with E-state index >= 15 is 0 Å². The average molecular weight is 327 g/mol. The largest absolute Gasteiger partial charge is 0.480 e. The minimum Gasteiger partial charge on any atom is -0.480 e. The van der Waals surface area contributed by atoms with Crippen LogP contribution in [0.25, 0.3) is 0 Å². The third-order valence-electron chi connectivity index (χ3n) is 3.64. The standard InChI is InChI=1S/C17H17N3O4/c1-23-9-10-5-13(17(24-2)18-8-10)16(22)19-12-3-4-14-11(6-12)7-15(21)20-14/h3-6,8H,7,9H2,1-2H3,(H,19,22)(H,20,21). The first-order valence-electron chi connectivity index (χ1n) is 7.36. The van der Waals surface area contributed by atoms with Crippen molar-refractivity contribution in [1.82, 2.24) is 4.98 Å². The predicted octanol–water partition coefficient (Wildman–Crippen LogP) is 1.98. The SMILES string of the molecule is COCc1cnc(OC)c(C(=O)Nc2ccc3c(c2)CC(=O)N3)c1. The molecule has 1 aromatic heterocycles. The molecule has 0 saturated heterocycles. The van der Waals surface area contributed by atoms with Crippen molar-refractivity contribution in [2.75, 3.05) is 24.9 Å². The van der Waals surface area contributed by atoms with Crippen LogP contribution < -0.4 is 15.4 Å². The summed E-state index contributed by atoms with van der Waals surface area (Å²) in [5.74, 6) is -0.147. The van der Waals surface area contributed by atoms with E-state index in [9.17, 15) is 9.59 Å². The van der Waals surface area contributed by atoms with Crippen LogP contribution in [0.2, 0.25) is 0 Å². The van der Waals surface area contributed by atoms with Gasteiger partial charge in [0.25, 0.3) is 5.91 Å². The number of methoxy groups -OCH3 is 2. The molecule has 0 unspecified atom stereocenters. The van der Waals surface area contributed by atoms with Crippen LogP contribution in [0.5, 0.6) is 5.88 Å². The summed E-state index contributed by atoms with van der Waals surface area (Å²) in [6.07, 6.45) is 1.92. The Kier molecular flexibility index (Phi) is 4.43. The number of rotatable bonds is 5. The number of fused-ring (bicyclic) bond motifs is 1. The number of ether oxygens (including phenoxy) is 2. The van der Waals surface area contributed by atoms with Crippen LogP contribution in [0.3, 0.4) is 0 Å². The molecule has 7 nitrogen and oxygen atoms in total. The number of carbonyl (C=O) groups excluding carboxylic acids is 2. The molecule has 0 saturated carbocycles. The molecule has 24 heavy (non-hydrogen) atoms. The molecule has 1 aliphatic heterocycles. The zero-order chi connectivity index (χ0) is 17.1. The topological polar surface area (TPSA) is 89.6 Å². The Bertz CT molecular complexity index is 804. The second-order valence-corrected chi connectivity index (χ2v) is 5.38. The third kappa shape index (κ3) is 3.21. The third-order valence-corrected chi connectivity index (χ3v) is 3.64. The Hall–Kier alpha value is -2.93. The van der Waals surface area contributed by atoms with Gasteiger partial charge in [0.2, 0.25) is 11.8 Å². The number of nitrogens with one attached hydrogen (secondary N) is 2. The first-order valence-corrected chi connectivity index (χ1v) is 7.36. The van der Waals surface area contributed by atoms with Gasteiger partial charge in [-0.2, -0.15) is 0 Å².